The molecule has 0 saturated carbocycles. The molecular weight excluding hydrogens is 384 g/mol. The molecule has 5 nitrogen and oxygen atoms in total. The fourth-order valence-corrected chi connectivity index (χ4v) is 5.89. The van der Waals surface area contributed by atoms with Crippen LogP contribution in [0.3, 0.4) is 0 Å². The van der Waals surface area contributed by atoms with Gasteiger partial charge in [-0.05, 0) is 55.4 Å². The summed E-state index contributed by atoms with van der Waals surface area (Å²) < 4.78 is 27.5. The number of piperidine rings is 1. The zero-order valence-corrected chi connectivity index (χ0v) is 17.7. The standard InChI is InChI=1S/C23H28N2O3S/c1-18(26)20-6-8-23(9-7-20)29(27,28)25-14-10-19(11-15-25)16-24-13-12-21-4-2-3-5-22(21)17-24/h2-9,19H,10-17H2,1H3. The van der Waals surface area contributed by atoms with Crippen molar-refractivity contribution in [3.05, 3.63) is 65.2 Å². The van der Waals surface area contributed by atoms with Gasteiger partial charge in [0.2, 0.25) is 10.0 Å². The van der Waals surface area contributed by atoms with E-state index >= 15 is 0 Å². The number of nitrogens with zero attached hydrogens (tertiary/aromatic N) is 2. The lowest BCUT2D eigenvalue weighted by Gasteiger charge is -2.36. The lowest BCUT2D eigenvalue weighted by atomic mass is 9.94. The summed E-state index contributed by atoms with van der Waals surface area (Å²) in [4.78, 5) is 14.2. The third kappa shape index (κ3) is 4.44. The number of Topliss-reactive ketones (excluding diaryl/α,β-unsaturated/α-hetero) is 1. The number of hydrogen-bond donors (Lipinski definition) is 0. The minimum Gasteiger partial charge on any atom is -0.298 e. The molecule has 2 aromatic carbocycles. The Labute approximate surface area is 173 Å². The number of carbonyl (C=O) groups excluding carboxylic acids is 1. The average Bonchev–Trinajstić information content (AvgIpc) is 2.74. The van der Waals surface area contributed by atoms with Gasteiger partial charge in [-0.1, -0.05) is 36.4 Å². The number of sulfonamides is 1. The topological polar surface area (TPSA) is 57.7 Å². The van der Waals surface area contributed by atoms with E-state index in [4.69, 9.17) is 0 Å². The molecule has 6 heteroatoms. The van der Waals surface area contributed by atoms with Gasteiger partial charge >= 0.3 is 0 Å². The van der Waals surface area contributed by atoms with E-state index in [0.717, 1.165) is 38.9 Å². The summed E-state index contributed by atoms with van der Waals surface area (Å²) in [7, 11) is -3.49. The van der Waals surface area contributed by atoms with Crippen LogP contribution in [-0.4, -0.2) is 49.6 Å². The Hall–Kier alpha value is -2.02. The second kappa shape index (κ2) is 8.38. The molecule has 154 valence electrons. The summed E-state index contributed by atoms with van der Waals surface area (Å²) in [6.45, 7) is 5.72. The van der Waals surface area contributed by atoms with Crippen molar-refractivity contribution in [2.45, 2.75) is 37.6 Å². The van der Waals surface area contributed by atoms with Gasteiger partial charge in [-0.25, -0.2) is 8.42 Å². The van der Waals surface area contributed by atoms with E-state index in [1.807, 2.05) is 0 Å². The third-order valence-corrected chi connectivity index (χ3v) is 8.11. The number of benzene rings is 2. The zero-order valence-electron chi connectivity index (χ0n) is 16.9. The molecule has 2 aliphatic rings. The Morgan fingerprint density at radius 1 is 0.966 bits per heavy atom. The molecule has 4 rings (SSSR count). The van der Waals surface area contributed by atoms with Crippen molar-refractivity contribution >= 4 is 15.8 Å². The molecule has 29 heavy (non-hydrogen) atoms. The number of hydrogen-bond acceptors (Lipinski definition) is 4. The molecule has 2 heterocycles. The smallest absolute Gasteiger partial charge is 0.243 e. The van der Waals surface area contributed by atoms with Crippen LogP contribution in [0.2, 0.25) is 0 Å². The first-order valence-electron chi connectivity index (χ1n) is 10.3. The molecule has 2 aromatic rings. The highest BCUT2D eigenvalue weighted by Crippen LogP contribution is 2.26. The van der Waals surface area contributed by atoms with Crippen molar-refractivity contribution in [3.63, 3.8) is 0 Å². The molecule has 0 aliphatic carbocycles. The average molecular weight is 413 g/mol. The summed E-state index contributed by atoms with van der Waals surface area (Å²) >= 11 is 0. The minimum atomic E-state index is -3.49. The first-order valence-corrected chi connectivity index (χ1v) is 11.8. The zero-order chi connectivity index (χ0) is 20.4. The predicted octanol–water partition coefficient (Wildman–Crippen LogP) is 3.35. The van der Waals surface area contributed by atoms with Crippen LogP contribution >= 0.6 is 0 Å². The highest BCUT2D eigenvalue weighted by atomic mass is 32.2. The fourth-order valence-electron chi connectivity index (χ4n) is 4.42. The van der Waals surface area contributed by atoms with Crippen LogP contribution in [0.15, 0.2) is 53.4 Å². The Bertz CT molecular complexity index is 977. The van der Waals surface area contributed by atoms with Crippen LogP contribution in [0.25, 0.3) is 0 Å². The van der Waals surface area contributed by atoms with Gasteiger partial charge in [0.25, 0.3) is 0 Å². The molecule has 0 spiro atoms. The molecule has 0 bridgehead atoms. The minimum absolute atomic E-state index is 0.0601. The van der Waals surface area contributed by atoms with Gasteiger partial charge in [-0.2, -0.15) is 4.31 Å². The Kier molecular flexibility index (Phi) is 5.86. The molecule has 1 saturated heterocycles. The van der Waals surface area contributed by atoms with Crippen LogP contribution < -0.4 is 0 Å². The van der Waals surface area contributed by atoms with Gasteiger partial charge in [-0.3, -0.25) is 9.69 Å². The van der Waals surface area contributed by atoms with Gasteiger partial charge in [0.1, 0.15) is 0 Å². The van der Waals surface area contributed by atoms with Crippen molar-refractivity contribution in [1.82, 2.24) is 9.21 Å². The van der Waals surface area contributed by atoms with Crippen molar-refractivity contribution in [1.29, 1.82) is 0 Å². The predicted molar refractivity (Wildman–Crippen MR) is 113 cm³/mol. The molecule has 0 amide bonds. The normalized spacial score (nSPS) is 19.1. The highest BCUT2D eigenvalue weighted by molar-refractivity contribution is 7.89. The highest BCUT2D eigenvalue weighted by Gasteiger charge is 2.30. The molecule has 0 unspecified atom stereocenters. The summed E-state index contributed by atoms with van der Waals surface area (Å²) in [6, 6.07) is 14.9. The van der Waals surface area contributed by atoms with E-state index in [9.17, 15) is 13.2 Å². The number of fused-ring (bicyclic) bond motifs is 1. The first-order chi connectivity index (χ1) is 13.9. The molecule has 0 atom stereocenters. The maximum absolute atomic E-state index is 12.9. The maximum atomic E-state index is 12.9. The monoisotopic (exact) mass is 412 g/mol. The van der Waals surface area contributed by atoms with E-state index in [2.05, 4.69) is 29.2 Å². The van der Waals surface area contributed by atoms with E-state index in [1.54, 1.807) is 28.6 Å². The molecule has 0 aromatic heterocycles. The summed E-state index contributed by atoms with van der Waals surface area (Å²) in [5.74, 6) is 0.474. The van der Waals surface area contributed by atoms with E-state index in [0.29, 0.717) is 24.6 Å². The largest absolute Gasteiger partial charge is 0.298 e. The van der Waals surface area contributed by atoms with E-state index in [-0.39, 0.29) is 10.7 Å². The van der Waals surface area contributed by atoms with Crippen molar-refractivity contribution in [2.24, 2.45) is 5.92 Å². The van der Waals surface area contributed by atoms with Gasteiger partial charge in [0, 0.05) is 38.3 Å². The first kappa shape index (κ1) is 20.3. The van der Waals surface area contributed by atoms with Crippen LogP contribution in [0.5, 0.6) is 0 Å². The SMILES string of the molecule is CC(=O)c1ccc(S(=O)(=O)N2CCC(CN3CCc4ccccc4C3)CC2)cc1. The molecule has 0 N–H and O–H groups in total. The molecular formula is C23H28N2O3S. The number of ketones is 1. The summed E-state index contributed by atoms with van der Waals surface area (Å²) in [6.07, 6.45) is 2.88. The number of rotatable bonds is 5. The van der Waals surface area contributed by atoms with Gasteiger partial charge in [-0.15, -0.1) is 0 Å². The van der Waals surface area contributed by atoms with Gasteiger partial charge in [0.05, 0.1) is 4.90 Å². The molecule has 0 radical (unpaired) electrons. The third-order valence-electron chi connectivity index (χ3n) is 6.20. The number of carbonyl (C=O) groups is 1. The Balaban J connectivity index is 1.34. The van der Waals surface area contributed by atoms with Crippen LogP contribution in [0, 0.1) is 5.92 Å². The molecule has 2 aliphatic heterocycles. The van der Waals surface area contributed by atoms with Crippen molar-refractivity contribution < 1.29 is 13.2 Å². The lowest BCUT2D eigenvalue weighted by molar-refractivity contribution is 0.101. The van der Waals surface area contributed by atoms with E-state index in [1.165, 1.54) is 18.1 Å². The summed E-state index contributed by atoms with van der Waals surface area (Å²) in [5.41, 5.74) is 3.42. The van der Waals surface area contributed by atoms with E-state index < -0.39 is 10.0 Å². The fraction of sp³-hybridized carbons (Fsp3) is 0.435. The quantitative estimate of drug-likeness (QED) is 0.707. The van der Waals surface area contributed by atoms with Crippen LogP contribution in [0.1, 0.15) is 41.3 Å². The Morgan fingerprint density at radius 2 is 1.62 bits per heavy atom. The Morgan fingerprint density at radius 3 is 2.28 bits per heavy atom. The lowest BCUT2D eigenvalue weighted by Crippen LogP contribution is -2.42. The molecule has 1 fully saturated rings. The van der Waals surface area contributed by atoms with Crippen molar-refractivity contribution in [2.75, 3.05) is 26.2 Å². The van der Waals surface area contributed by atoms with Gasteiger partial charge in [0.15, 0.2) is 5.78 Å². The van der Waals surface area contributed by atoms with Crippen molar-refractivity contribution in [3.8, 4) is 0 Å². The second-order valence-corrected chi connectivity index (χ2v) is 10.1. The summed E-state index contributed by atoms with van der Waals surface area (Å²) in [5, 5.41) is 0. The maximum Gasteiger partial charge on any atom is 0.243 e. The second-order valence-electron chi connectivity index (χ2n) is 8.18. The van der Waals surface area contributed by atoms with Gasteiger partial charge < -0.3 is 0 Å². The van der Waals surface area contributed by atoms with Crippen LogP contribution in [-0.2, 0) is 23.0 Å². The van der Waals surface area contributed by atoms with Crippen LogP contribution in [0.4, 0.5) is 0 Å².